The molecule has 3 rings (SSSR count). The van der Waals surface area contributed by atoms with Crippen molar-refractivity contribution < 1.29 is 14.3 Å². The molecule has 0 saturated heterocycles. The number of carbonyl (C=O) groups excluding carboxylic acids is 2. The van der Waals surface area contributed by atoms with Gasteiger partial charge in [0.1, 0.15) is 11.5 Å². The molecule has 0 radical (unpaired) electrons. The second kappa shape index (κ2) is 5.44. The molecule has 1 aromatic carbocycles. The van der Waals surface area contributed by atoms with Crippen LogP contribution in [-0.4, -0.2) is 24.8 Å². The van der Waals surface area contributed by atoms with Gasteiger partial charge in [0.05, 0.1) is 5.69 Å². The van der Waals surface area contributed by atoms with E-state index < -0.39 is 0 Å². The molecule has 1 heterocycles. The molecule has 1 saturated carbocycles. The van der Waals surface area contributed by atoms with Crippen molar-refractivity contribution in [1.29, 1.82) is 0 Å². The lowest BCUT2D eigenvalue weighted by Gasteiger charge is -2.30. The number of fused-ring (bicyclic) bond motifs is 1. The number of ether oxygens (including phenoxy) is 1. The molecule has 1 aliphatic heterocycles. The average molecular weight is 294 g/mol. The van der Waals surface area contributed by atoms with Gasteiger partial charge in [-0.15, -0.1) is 0 Å². The van der Waals surface area contributed by atoms with Gasteiger partial charge >= 0.3 is 0 Å². The maximum absolute atomic E-state index is 12.0. The zero-order valence-corrected chi connectivity index (χ0v) is 11.9. The van der Waals surface area contributed by atoms with E-state index in [1.165, 1.54) is 0 Å². The highest BCUT2D eigenvalue weighted by Gasteiger charge is 2.29. The van der Waals surface area contributed by atoms with E-state index in [0.717, 1.165) is 19.3 Å². The summed E-state index contributed by atoms with van der Waals surface area (Å²) in [7, 11) is 0. The number of hydrogen-bond acceptors (Lipinski definition) is 3. The Kier molecular flexibility index (Phi) is 3.66. The first-order valence-corrected chi connectivity index (χ1v) is 7.28. The maximum Gasteiger partial charge on any atom is 0.265 e. The van der Waals surface area contributed by atoms with Crippen molar-refractivity contribution in [3.8, 4) is 5.75 Å². The fourth-order valence-electron chi connectivity index (χ4n) is 2.90. The number of hydrogen-bond donors (Lipinski definition) is 0. The van der Waals surface area contributed by atoms with Gasteiger partial charge in [0.2, 0.25) is 0 Å². The Morgan fingerprint density at radius 2 is 2.20 bits per heavy atom. The molecule has 0 spiro atoms. The van der Waals surface area contributed by atoms with Gasteiger partial charge in [0.15, 0.2) is 6.61 Å². The zero-order chi connectivity index (χ0) is 14.1. The molecule has 0 aromatic heterocycles. The van der Waals surface area contributed by atoms with Crippen LogP contribution < -0.4 is 9.64 Å². The number of Topliss-reactive ketones (excluding diaryl/α,β-unsaturated/α-hetero) is 1. The van der Waals surface area contributed by atoms with E-state index in [9.17, 15) is 9.59 Å². The molecule has 1 aliphatic carbocycles. The van der Waals surface area contributed by atoms with Crippen LogP contribution in [0.4, 0.5) is 5.69 Å². The number of rotatable bonds is 3. The predicted octanol–water partition coefficient (Wildman–Crippen LogP) is 2.82. The van der Waals surface area contributed by atoms with E-state index in [0.29, 0.717) is 35.2 Å². The number of amides is 1. The molecule has 106 valence electrons. The number of nitrogens with zero attached hydrogens (tertiary/aromatic N) is 1. The van der Waals surface area contributed by atoms with Gasteiger partial charge in [-0.3, -0.25) is 9.59 Å². The Labute approximate surface area is 122 Å². The topological polar surface area (TPSA) is 46.6 Å². The molecule has 4 nitrogen and oxygen atoms in total. The highest BCUT2D eigenvalue weighted by molar-refractivity contribution is 6.31. The van der Waals surface area contributed by atoms with Crippen LogP contribution in [0, 0.1) is 5.92 Å². The zero-order valence-electron chi connectivity index (χ0n) is 11.1. The van der Waals surface area contributed by atoms with E-state index in [1.807, 2.05) is 0 Å². The van der Waals surface area contributed by atoms with Gasteiger partial charge in [-0.25, -0.2) is 0 Å². The number of ketones is 1. The fourth-order valence-corrected chi connectivity index (χ4v) is 3.06. The van der Waals surface area contributed by atoms with Crippen molar-refractivity contribution in [3.63, 3.8) is 0 Å². The van der Waals surface area contributed by atoms with Crippen molar-refractivity contribution >= 4 is 29.0 Å². The van der Waals surface area contributed by atoms with Gasteiger partial charge in [-0.1, -0.05) is 11.6 Å². The molecule has 5 heteroatoms. The quantitative estimate of drug-likeness (QED) is 0.861. The molecule has 1 unspecified atom stereocenters. The van der Waals surface area contributed by atoms with Crippen LogP contribution in [0.5, 0.6) is 5.75 Å². The number of halogens is 1. The second-order valence-electron chi connectivity index (χ2n) is 5.29. The fraction of sp³-hybridized carbons (Fsp3) is 0.467. The SMILES string of the molecule is O=C1CCCC1CCN1C(=O)COc2ccc(Cl)cc21. The van der Waals surface area contributed by atoms with E-state index in [4.69, 9.17) is 16.3 Å². The molecule has 20 heavy (non-hydrogen) atoms. The van der Waals surface area contributed by atoms with Crippen LogP contribution in [0.15, 0.2) is 18.2 Å². The van der Waals surface area contributed by atoms with E-state index >= 15 is 0 Å². The van der Waals surface area contributed by atoms with Crippen LogP contribution in [0.3, 0.4) is 0 Å². The summed E-state index contributed by atoms with van der Waals surface area (Å²) in [6.45, 7) is 0.596. The summed E-state index contributed by atoms with van der Waals surface area (Å²) in [5, 5.41) is 0.573. The lowest BCUT2D eigenvalue weighted by molar-refractivity contribution is -0.122. The van der Waals surface area contributed by atoms with Crippen molar-refractivity contribution in [2.45, 2.75) is 25.7 Å². The van der Waals surface area contributed by atoms with Crippen molar-refractivity contribution in [2.75, 3.05) is 18.1 Å². The summed E-state index contributed by atoms with van der Waals surface area (Å²) < 4.78 is 5.40. The Balaban J connectivity index is 1.77. The monoisotopic (exact) mass is 293 g/mol. The summed E-state index contributed by atoms with van der Waals surface area (Å²) in [5.41, 5.74) is 0.708. The Morgan fingerprint density at radius 3 is 2.95 bits per heavy atom. The lowest BCUT2D eigenvalue weighted by Crippen LogP contribution is -2.40. The number of carbonyl (C=O) groups is 2. The second-order valence-corrected chi connectivity index (χ2v) is 5.73. The van der Waals surface area contributed by atoms with Crippen LogP contribution in [0.2, 0.25) is 5.02 Å². The first-order chi connectivity index (χ1) is 9.65. The van der Waals surface area contributed by atoms with Crippen molar-refractivity contribution in [1.82, 2.24) is 0 Å². The van der Waals surface area contributed by atoms with Gasteiger partial charge in [0, 0.05) is 23.9 Å². The third-order valence-electron chi connectivity index (χ3n) is 4.00. The van der Waals surface area contributed by atoms with E-state index in [1.54, 1.807) is 23.1 Å². The molecule has 0 N–H and O–H groups in total. The van der Waals surface area contributed by atoms with E-state index in [-0.39, 0.29) is 18.4 Å². The molecule has 1 atom stereocenters. The van der Waals surface area contributed by atoms with Crippen LogP contribution in [0.1, 0.15) is 25.7 Å². The number of benzene rings is 1. The largest absolute Gasteiger partial charge is 0.482 e. The first-order valence-electron chi connectivity index (χ1n) is 6.90. The lowest BCUT2D eigenvalue weighted by atomic mass is 10.0. The summed E-state index contributed by atoms with van der Waals surface area (Å²) in [6.07, 6.45) is 3.32. The highest BCUT2D eigenvalue weighted by Crippen LogP contribution is 2.35. The Morgan fingerprint density at radius 1 is 1.35 bits per heavy atom. The first kappa shape index (κ1) is 13.4. The molecular weight excluding hydrogens is 278 g/mol. The van der Waals surface area contributed by atoms with Crippen molar-refractivity contribution in [3.05, 3.63) is 23.2 Å². The maximum atomic E-state index is 12.0. The summed E-state index contributed by atoms with van der Waals surface area (Å²) in [5.74, 6) is 1.03. The normalized spacial score (nSPS) is 21.9. The molecule has 2 aliphatic rings. The molecule has 0 bridgehead atoms. The van der Waals surface area contributed by atoms with Crippen LogP contribution in [-0.2, 0) is 9.59 Å². The van der Waals surface area contributed by atoms with Gasteiger partial charge in [-0.05, 0) is 37.5 Å². The minimum absolute atomic E-state index is 0.0489. The molecule has 1 aromatic rings. The van der Waals surface area contributed by atoms with E-state index in [2.05, 4.69) is 0 Å². The summed E-state index contributed by atoms with van der Waals surface area (Å²) >= 11 is 5.99. The Bertz CT molecular complexity index is 558. The Hall–Kier alpha value is -1.55. The minimum Gasteiger partial charge on any atom is -0.482 e. The highest BCUT2D eigenvalue weighted by atomic mass is 35.5. The standard InChI is InChI=1S/C15H16ClNO3/c16-11-4-5-14-12(8-11)17(15(19)9-20-14)7-6-10-2-1-3-13(10)18/h4-5,8,10H,1-3,6-7,9H2. The van der Waals surface area contributed by atoms with Crippen LogP contribution in [0.25, 0.3) is 0 Å². The summed E-state index contributed by atoms with van der Waals surface area (Å²) in [4.78, 5) is 25.4. The third kappa shape index (κ3) is 2.52. The smallest absolute Gasteiger partial charge is 0.265 e. The molecule has 1 fully saturated rings. The predicted molar refractivity (Wildman–Crippen MR) is 76.3 cm³/mol. The minimum atomic E-state index is -0.0785. The third-order valence-corrected chi connectivity index (χ3v) is 4.23. The summed E-state index contributed by atoms with van der Waals surface area (Å²) in [6, 6.07) is 5.26. The molecular formula is C15H16ClNO3. The van der Waals surface area contributed by atoms with Crippen molar-refractivity contribution in [2.24, 2.45) is 5.92 Å². The molecule has 1 amide bonds. The number of anilines is 1. The van der Waals surface area contributed by atoms with Gasteiger partial charge < -0.3 is 9.64 Å². The average Bonchev–Trinajstić information content (AvgIpc) is 2.83. The van der Waals surface area contributed by atoms with Crippen LogP contribution >= 0.6 is 11.6 Å². The van der Waals surface area contributed by atoms with Gasteiger partial charge in [0.25, 0.3) is 5.91 Å². The van der Waals surface area contributed by atoms with Gasteiger partial charge in [-0.2, -0.15) is 0 Å².